The molecule has 0 aliphatic carbocycles. The molecule has 3 N–H and O–H groups in total. The maximum atomic E-state index is 10.4. The lowest BCUT2D eigenvalue weighted by molar-refractivity contribution is -0.137. The minimum absolute atomic E-state index is 0.343. The smallest absolute Gasteiger partial charge is 0.303 e. The monoisotopic (exact) mass is 397 g/mol. The Balaban J connectivity index is 2.99. The van der Waals surface area contributed by atoms with Gasteiger partial charge in [-0.3, -0.25) is 4.79 Å². The van der Waals surface area contributed by atoms with E-state index in [1.165, 1.54) is 128 Å². The van der Waals surface area contributed by atoms with Crippen LogP contribution in [0.25, 0.3) is 0 Å². The molecule has 0 bridgehead atoms. The van der Waals surface area contributed by atoms with Crippen LogP contribution in [-0.2, 0) is 4.79 Å². The Hall–Kier alpha value is -0.570. The van der Waals surface area contributed by atoms with E-state index in [0.717, 1.165) is 19.4 Å². The third-order valence-corrected chi connectivity index (χ3v) is 5.84. The summed E-state index contributed by atoms with van der Waals surface area (Å²) in [5.74, 6) is -0.652. The highest BCUT2D eigenvalue weighted by atomic mass is 16.4. The Morgan fingerprint density at radius 1 is 0.429 bits per heavy atom. The van der Waals surface area contributed by atoms with Crippen molar-refractivity contribution in [2.75, 3.05) is 6.54 Å². The van der Waals surface area contributed by atoms with Crippen molar-refractivity contribution in [2.45, 2.75) is 148 Å². The van der Waals surface area contributed by atoms with Crippen LogP contribution in [0.2, 0.25) is 0 Å². The fraction of sp³-hybridized carbons (Fsp3) is 0.960. The number of unbranched alkanes of at least 4 members (excludes halogenated alkanes) is 21. The summed E-state index contributed by atoms with van der Waals surface area (Å²) in [6.07, 6.45) is 30.0. The van der Waals surface area contributed by atoms with Crippen LogP contribution in [0.5, 0.6) is 0 Å². The van der Waals surface area contributed by atoms with Crippen molar-refractivity contribution in [1.29, 1.82) is 0 Å². The van der Waals surface area contributed by atoms with Crippen molar-refractivity contribution < 1.29 is 9.90 Å². The van der Waals surface area contributed by atoms with Gasteiger partial charge in [0.15, 0.2) is 0 Å². The van der Waals surface area contributed by atoms with Crippen molar-refractivity contribution in [3.63, 3.8) is 0 Å². The predicted octanol–water partition coefficient (Wildman–Crippen LogP) is 8.00. The van der Waals surface area contributed by atoms with Gasteiger partial charge in [0.25, 0.3) is 0 Å². The second kappa shape index (κ2) is 24.5. The standard InChI is InChI=1S/C25H51NO2/c26-24-22-20-18-16-14-12-10-8-6-4-2-1-3-5-7-9-11-13-15-17-19-21-23-25(27)28/h1-24,26H2,(H,27,28). The van der Waals surface area contributed by atoms with Crippen molar-refractivity contribution in [2.24, 2.45) is 5.73 Å². The molecule has 0 aromatic carbocycles. The second-order valence-electron chi connectivity index (χ2n) is 8.71. The van der Waals surface area contributed by atoms with Gasteiger partial charge in [0, 0.05) is 6.42 Å². The highest BCUT2D eigenvalue weighted by molar-refractivity contribution is 5.66. The van der Waals surface area contributed by atoms with Gasteiger partial charge in [-0.25, -0.2) is 0 Å². The number of rotatable bonds is 24. The molecule has 3 nitrogen and oxygen atoms in total. The molecule has 28 heavy (non-hydrogen) atoms. The molecular weight excluding hydrogens is 346 g/mol. The number of hydrogen-bond acceptors (Lipinski definition) is 2. The van der Waals surface area contributed by atoms with Crippen LogP contribution in [0.15, 0.2) is 0 Å². The molecular formula is C25H51NO2. The topological polar surface area (TPSA) is 63.3 Å². The summed E-state index contributed by atoms with van der Waals surface area (Å²) < 4.78 is 0. The van der Waals surface area contributed by atoms with E-state index >= 15 is 0 Å². The van der Waals surface area contributed by atoms with E-state index in [4.69, 9.17) is 10.8 Å². The van der Waals surface area contributed by atoms with Gasteiger partial charge >= 0.3 is 5.97 Å². The molecule has 168 valence electrons. The summed E-state index contributed by atoms with van der Waals surface area (Å²) >= 11 is 0. The van der Waals surface area contributed by atoms with Crippen LogP contribution >= 0.6 is 0 Å². The third-order valence-electron chi connectivity index (χ3n) is 5.84. The van der Waals surface area contributed by atoms with E-state index in [0.29, 0.717) is 6.42 Å². The van der Waals surface area contributed by atoms with Crippen molar-refractivity contribution in [1.82, 2.24) is 0 Å². The van der Waals surface area contributed by atoms with Crippen molar-refractivity contribution in [3.05, 3.63) is 0 Å². The minimum Gasteiger partial charge on any atom is -0.481 e. The van der Waals surface area contributed by atoms with Gasteiger partial charge in [-0.15, -0.1) is 0 Å². The van der Waals surface area contributed by atoms with E-state index in [9.17, 15) is 4.79 Å². The molecule has 0 aliphatic heterocycles. The zero-order valence-corrected chi connectivity index (χ0v) is 18.9. The highest BCUT2D eigenvalue weighted by Gasteiger charge is 1.97. The number of nitrogens with two attached hydrogens (primary N) is 1. The van der Waals surface area contributed by atoms with E-state index in [2.05, 4.69) is 0 Å². The van der Waals surface area contributed by atoms with E-state index in [1.807, 2.05) is 0 Å². The quantitative estimate of drug-likeness (QED) is 0.162. The highest BCUT2D eigenvalue weighted by Crippen LogP contribution is 2.15. The first-order valence-corrected chi connectivity index (χ1v) is 12.7. The average Bonchev–Trinajstić information content (AvgIpc) is 2.68. The summed E-state index contributed by atoms with van der Waals surface area (Å²) in [5, 5.41) is 8.58. The average molecular weight is 398 g/mol. The van der Waals surface area contributed by atoms with Gasteiger partial charge in [-0.1, -0.05) is 128 Å². The lowest BCUT2D eigenvalue weighted by Crippen LogP contribution is -1.97. The summed E-state index contributed by atoms with van der Waals surface area (Å²) in [6, 6.07) is 0. The molecule has 0 aliphatic rings. The van der Waals surface area contributed by atoms with E-state index < -0.39 is 5.97 Å². The Morgan fingerprint density at radius 2 is 0.643 bits per heavy atom. The lowest BCUT2D eigenvalue weighted by atomic mass is 10.0. The van der Waals surface area contributed by atoms with Crippen LogP contribution in [0.4, 0.5) is 0 Å². The molecule has 0 rings (SSSR count). The summed E-state index contributed by atoms with van der Waals surface area (Å²) in [4.78, 5) is 10.4. The molecule has 0 saturated heterocycles. The SMILES string of the molecule is NCCCCCCCCCCCCCCCCCCCCCCCCC(=O)O. The molecule has 0 saturated carbocycles. The van der Waals surface area contributed by atoms with Gasteiger partial charge < -0.3 is 10.8 Å². The molecule has 0 spiro atoms. The zero-order chi connectivity index (χ0) is 20.5. The fourth-order valence-electron chi connectivity index (χ4n) is 3.96. The molecule has 0 heterocycles. The molecule has 0 radical (unpaired) electrons. The van der Waals surface area contributed by atoms with Crippen LogP contribution < -0.4 is 5.73 Å². The Kier molecular flexibility index (Phi) is 24.0. The minimum atomic E-state index is -0.652. The lowest BCUT2D eigenvalue weighted by Gasteiger charge is -2.04. The third kappa shape index (κ3) is 25.4. The van der Waals surface area contributed by atoms with Gasteiger partial charge in [0.2, 0.25) is 0 Å². The van der Waals surface area contributed by atoms with Crippen LogP contribution in [-0.4, -0.2) is 17.6 Å². The van der Waals surface area contributed by atoms with Crippen molar-refractivity contribution in [3.8, 4) is 0 Å². The van der Waals surface area contributed by atoms with Gasteiger partial charge in [-0.05, 0) is 19.4 Å². The first-order chi connectivity index (χ1) is 13.8. The van der Waals surface area contributed by atoms with Crippen molar-refractivity contribution >= 4 is 5.97 Å². The molecule has 3 heteroatoms. The summed E-state index contributed by atoms with van der Waals surface area (Å²) in [7, 11) is 0. The number of carboxylic acid groups (broad SMARTS) is 1. The number of carbonyl (C=O) groups is 1. The second-order valence-corrected chi connectivity index (χ2v) is 8.71. The van der Waals surface area contributed by atoms with E-state index in [1.54, 1.807) is 0 Å². The fourth-order valence-corrected chi connectivity index (χ4v) is 3.96. The molecule has 0 atom stereocenters. The van der Waals surface area contributed by atoms with Crippen LogP contribution in [0.1, 0.15) is 148 Å². The summed E-state index contributed by atoms with van der Waals surface area (Å²) in [5.41, 5.74) is 5.51. The van der Waals surface area contributed by atoms with Gasteiger partial charge in [0.1, 0.15) is 0 Å². The number of hydrogen-bond donors (Lipinski definition) is 2. The first kappa shape index (κ1) is 27.4. The zero-order valence-electron chi connectivity index (χ0n) is 18.9. The maximum absolute atomic E-state index is 10.4. The Morgan fingerprint density at radius 3 is 0.857 bits per heavy atom. The number of aliphatic carboxylic acids is 1. The molecule has 0 fully saturated rings. The molecule has 0 unspecified atom stereocenters. The van der Waals surface area contributed by atoms with E-state index in [-0.39, 0.29) is 0 Å². The van der Waals surface area contributed by atoms with Crippen LogP contribution in [0, 0.1) is 0 Å². The Labute approximate surface area is 176 Å². The predicted molar refractivity (Wildman–Crippen MR) is 123 cm³/mol. The maximum Gasteiger partial charge on any atom is 0.303 e. The van der Waals surface area contributed by atoms with Crippen LogP contribution in [0.3, 0.4) is 0 Å². The number of carboxylic acids is 1. The molecule has 0 amide bonds. The van der Waals surface area contributed by atoms with Gasteiger partial charge in [-0.2, -0.15) is 0 Å². The summed E-state index contributed by atoms with van der Waals surface area (Å²) in [6.45, 7) is 0.860. The largest absolute Gasteiger partial charge is 0.481 e. The van der Waals surface area contributed by atoms with Gasteiger partial charge in [0.05, 0.1) is 0 Å². The Bertz CT molecular complexity index is 307. The molecule has 0 aromatic heterocycles. The first-order valence-electron chi connectivity index (χ1n) is 12.7. The normalized spacial score (nSPS) is 11.2. The molecule has 0 aromatic rings.